The molecule has 1 amide bonds. The minimum atomic E-state index is -0.0213. The summed E-state index contributed by atoms with van der Waals surface area (Å²) < 4.78 is 0. The summed E-state index contributed by atoms with van der Waals surface area (Å²) in [6.07, 6.45) is 9.47. The van der Waals surface area contributed by atoms with Crippen molar-refractivity contribution < 1.29 is 4.79 Å². The van der Waals surface area contributed by atoms with E-state index < -0.39 is 0 Å². The second-order valence-electron chi connectivity index (χ2n) is 8.03. The maximum Gasteiger partial charge on any atom is 0.263 e. The largest absolute Gasteiger partial charge is 0.348 e. The molecule has 1 aliphatic heterocycles. The molecule has 0 bridgehead atoms. The van der Waals surface area contributed by atoms with Gasteiger partial charge < -0.3 is 20.1 Å². The number of hydrogen-bond acceptors (Lipinski definition) is 6. The van der Waals surface area contributed by atoms with Crippen molar-refractivity contribution in [1.29, 1.82) is 0 Å². The number of carbonyl (C=O) groups excluding carboxylic acids is 1. The lowest BCUT2D eigenvalue weighted by Gasteiger charge is -2.32. The number of aromatic nitrogens is 3. The molecule has 3 aromatic heterocycles. The van der Waals surface area contributed by atoms with Crippen molar-refractivity contribution in [2.75, 3.05) is 38.1 Å². The fourth-order valence-corrected chi connectivity index (χ4v) is 4.76. The number of nitrogens with zero attached hydrogens (tertiary/aromatic N) is 4. The van der Waals surface area contributed by atoms with Gasteiger partial charge in [-0.05, 0) is 37.6 Å². The number of nitrogens with one attached hydrogen (secondary N) is 2. The Labute approximate surface area is 181 Å². The Morgan fingerprint density at radius 2 is 2.13 bits per heavy atom. The number of carbonyl (C=O) groups is 1. The first-order valence-corrected chi connectivity index (χ1v) is 11.6. The Morgan fingerprint density at radius 1 is 1.30 bits per heavy atom. The Kier molecular flexibility index (Phi) is 6.64. The molecule has 0 radical (unpaired) electrons. The highest BCUT2D eigenvalue weighted by atomic mass is 32.1. The number of H-pyrrole nitrogens is 1. The summed E-state index contributed by atoms with van der Waals surface area (Å²) in [5.41, 5.74) is 2.09. The second kappa shape index (κ2) is 9.57. The predicted molar refractivity (Wildman–Crippen MR) is 122 cm³/mol. The Balaban J connectivity index is 1.43. The number of thiazole rings is 1. The highest BCUT2D eigenvalue weighted by Gasteiger charge is 2.21. The van der Waals surface area contributed by atoms with E-state index in [9.17, 15) is 4.79 Å². The molecule has 0 aliphatic carbocycles. The van der Waals surface area contributed by atoms with E-state index in [-0.39, 0.29) is 11.9 Å². The van der Waals surface area contributed by atoms with Gasteiger partial charge in [0, 0.05) is 50.0 Å². The standard InChI is InChI=1S/C22H30N6OS/c1-3-4-6-17(13-16-14-24-20-18(16)7-5-8-23-20)26-21(29)19-15-25-22(30-19)28-11-9-27(2)10-12-28/h5,7-8,14-15,17H,3-4,6,9-13H2,1-2H3,(H,23,24)(H,26,29). The molecule has 2 N–H and O–H groups in total. The fourth-order valence-electron chi connectivity index (χ4n) is 3.89. The quantitative estimate of drug-likeness (QED) is 0.578. The molecule has 0 aromatic carbocycles. The molecule has 1 saturated heterocycles. The van der Waals surface area contributed by atoms with Crippen LogP contribution in [0.4, 0.5) is 5.13 Å². The summed E-state index contributed by atoms with van der Waals surface area (Å²) in [7, 11) is 2.14. The molecule has 1 aliphatic rings. The summed E-state index contributed by atoms with van der Waals surface area (Å²) in [4.78, 5) is 30.4. The lowest BCUT2D eigenvalue weighted by molar-refractivity contribution is 0.0938. The van der Waals surface area contributed by atoms with Crippen LogP contribution in [0, 0.1) is 0 Å². The van der Waals surface area contributed by atoms with Crippen molar-refractivity contribution in [3.63, 3.8) is 0 Å². The monoisotopic (exact) mass is 426 g/mol. The van der Waals surface area contributed by atoms with Crippen LogP contribution in [0.15, 0.2) is 30.7 Å². The molecule has 1 unspecified atom stereocenters. The van der Waals surface area contributed by atoms with E-state index in [1.807, 2.05) is 12.3 Å². The van der Waals surface area contributed by atoms with Gasteiger partial charge in [-0.3, -0.25) is 4.79 Å². The van der Waals surface area contributed by atoms with Crippen molar-refractivity contribution in [1.82, 2.24) is 25.2 Å². The van der Waals surface area contributed by atoms with Gasteiger partial charge in [-0.15, -0.1) is 0 Å². The first-order valence-electron chi connectivity index (χ1n) is 10.7. The van der Waals surface area contributed by atoms with Crippen LogP contribution in [0.1, 0.15) is 41.4 Å². The van der Waals surface area contributed by atoms with Crippen LogP contribution in [-0.2, 0) is 6.42 Å². The molecule has 7 nitrogen and oxygen atoms in total. The number of likely N-dealkylation sites (N-methyl/N-ethyl adjacent to an activating group) is 1. The van der Waals surface area contributed by atoms with Crippen LogP contribution in [-0.4, -0.2) is 65.0 Å². The molecule has 1 atom stereocenters. The normalized spacial score (nSPS) is 16.1. The number of hydrogen-bond donors (Lipinski definition) is 2. The Morgan fingerprint density at radius 3 is 2.93 bits per heavy atom. The Hall–Kier alpha value is -2.45. The highest BCUT2D eigenvalue weighted by molar-refractivity contribution is 7.17. The van der Waals surface area contributed by atoms with E-state index >= 15 is 0 Å². The molecule has 4 rings (SSSR count). The molecule has 4 heterocycles. The average Bonchev–Trinajstić information content (AvgIpc) is 3.40. The summed E-state index contributed by atoms with van der Waals surface area (Å²) in [5.74, 6) is -0.0213. The summed E-state index contributed by atoms with van der Waals surface area (Å²) in [5, 5.41) is 5.34. The molecule has 8 heteroatoms. The number of amides is 1. The van der Waals surface area contributed by atoms with Crippen molar-refractivity contribution >= 4 is 33.4 Å². The van der Waals surface area contributed by atoms with Gasteiger partial charge in [-0.2, -0.15) is 0 Å². The van der Waals surface area contributed by atoms with E-state index in [1.165, 1.54) is 16.9 Å². The fraction of sp³-hybridized carbons (Fsp3) is 0.500. The molecule has 30 heavy (non-hydrogen) atoms. The van der Waals surface area contributed by atoms with Crippen molar-refractivity contribution in [3.8, 4) is 0 Å². The third-order valence-electron chi connectivity index (χ3n) is 5.74. The average molecular weight is 427 g/mol. The van der Waals surface area contributed by atoms with Crippen LogP contribution in [0.2, 0.25) is 0 Å². The minimum Gasteiger partial charge on any atom is -0.348 e. The van der Waals surface area contributed by atoms with Gasteiger partial charge in [-0.1, -0.05) is 31.1 Å². The van der Waals surface area contributed by atoms with Crippen molar-refractivity contribution in [3.05, 3.63) is 41.2 Å². The van der Waals surface area contributed by atoms with E-state index in [2.05, 4.69) is 50.1 Å². The number of unbranched alkanes of at least 4 members (excludes halogenated alkanes) is 1. The van der Waals surface area contributed by atoms with E-state index in [0.717, 1.165) is 68.0 Å². The molecule has 3 aromatic rings. The molecule has 0 spiro atoms. The van der Waals surface area contributed by atoms with Crippen LogP contribution in [0.3, 0.4) is 0 Å². The minimum absolute atomic E-state index is 0.0213. The molecule has 1 fully saturated rings. The zero-order chi connectivity index (χ0) is 20.9. The summed E-state index contributed by atoms with van der Waals surface area (Å²) >= 11 is 1.49. The van der Waals surface area contributed by atoms with Crippen LogP contribution in [0.25, 0.3) is 11.0 Å². The molecular formula is C22H30N6OS. The number of piperazine rings is 1. The highest BCUT2D eigenvalue weighted by Crippen LogP contribution is 2.24. The van der Waals surface area contributed by atoms with Gasteiger partial charge in [0.1, 0.15) is 10.5 Å². The van der Waals surface area contributed by atoms with Gasteiger partial charge in [0.15, 0.2) is 5.13 Å². The van der Waals surface area contributed by atoms with E-state index in [4.69, 9.17) is 0 Å². The third-order valence-corrected chi connectivity index (χ3v) is 6.79. The lowest BCUT2D eigenvalue weighted by Crippen LogP contribution is -2.44. The zero-order valence-corrected chi connectivity index (χ0v) is 18.5. The van der Waals surface area contributed by atoms with Crippen LogP contribution in [0.5, 0.6) is 0 Å². The SMILES string of the molecule is CCCCC(Cc1c[nH]c2ncccc12)NC(=O)c1cnc(N2CCN(C)CC2)s1. The van der Waals surface area contributed by atoms with Gasteiger partial charge in [0.2, 0.25) is 0 Å². The van der Waals surface area contributed by atoms with Gasteiger partial charge >= 0.3 is 0 Å². The molecule has 0 saturated carbocycles. The third kappa shape index (κ3) is 4.82. The summed E-state index contributed by atoms with van der Waals surface area (Å²) in [6.45, 7) is 6.15. The lowest BCUT2D eigenvalue weighted by atomic mass is 10.0. The second-order valence-corrected chi connectivity index (χ2v) is 9.04. The maximum atomic E-state index is 13.0. The number of pyridine rings is 1. The number of anilines is 1. The zero-order valence-electron chi connectivity index (χ0n) is 17.7. The predicted octanol–water partition coefficient (Wildman–Crippen LogP) is 3.30. The molecule has 160 valence electrons. The maximum absolute atomic E-state index is 13.0. The number of fused-ring (bicyclic) bond motifs is 1. The summed E-state index contributed by atoms with van der Waals surface area (Å²) in [6, 6.07) is 4.13. The van der Waals surface area contributed by atoms with Crippen molar-refractivity contribution in [2.24, 2.45) is 0 Å². The van der Waals surface area contributed by atoms with Gasteiger partial charge in [-0.25, -0.2) is 9.97 Å². The first-order chi connectivity index (χ1) is 14.6. The number of aromatic amines is 1. The van der Waals surface area contributed by atoms with E-state index in [1.54, 1.807) is 12.4 Å². The topological polar surface area (TPSA) is 77.1 Å². The van der Waals surface area contributed by atoms with Crippen LogP contribution < -0.4 is 10.2 Å². The van der Waals surface area contributed by atoms with Crippen LogP contribution >= 0.6 is 11.3 Å². The number of rotatable bonds is 8. The van der Waals surface area contributed by atoms with Gasteiger partial charge in [0.05, 0.1) is 6.20 Å². The Bertz CT molecular complexity index is 975. The van der Waals surface area contributed by atoms with Gasteiger partial charge in [0.25, 0.3) is 5.91 Å². The van der Waals surface area contributed by atoms with Crippen molar-refractivity contribution in [2.45, 2.75) is 38.6 Å². The smallest absolute Gasteiger partial charge is 0.263 e. The first kappa shape index (κ1) is 20.8. The van der Waals surface area contributed by atoms with E-state index in [0.29, 0.717) is 4.88 Å². The molecular weight excluding hydrogens is 396 g/mol.